The van der Waals surface area contributed by atoms with E-state index in [0.717, 1.165) is 0 Å². The summed E-state index contributed by atoms with van der Waals surface area (Å²) in [6.45, 7) is 3.32. The molecule has 0 N–H and O–H groups in total. The van der Waals surface area contributed by atoms with E-state index < -0.39 is 29.3 Å². The minimum absolute atomic E-state index is 0.142. The lowest BCUT2D eigenvalue weighted by molar-refractivity contribution is 0.275. The summed E-state index contributed by atoms with van der Waals surface area (Å²) in [6.07, 6.45) is -0.653. The third kappa shape index (κ3) is 2.28. The predicted octanol–water partition coefficient (Wildman–Crippen LogP) is 3.60. The maximum absolute atomic E-state index is 14.7. The van der Waals surface area contributed by atoms with Gasteiger partial charge in [0.1, 0.15) is 23.2 Å². The van der Waals surface area contributed by atoms with Crippen LogP contribution in [0.15, 0.2) is 0 Å². The first kappa shape index (κ1) is 15.0. The van der Waals surface area contributed by atoms with Crippen molar-refractivity contribution in [3.63, 3.8) is 0 Å². The zero-order valence-corrected chi connectivity index (χ0v) is 12.3. The van der Waals surface area contributed by atoms with Crippen molar-refractivity contribution in [1.82, 2.24) is 9.97 Å². The van der Waals surface area contributed by atoms with E-state index in [-0.39, 0.29) is 48.4 Å². The molecule has 0 bridgehead atoms. The topological polar surface area (TPSA) is 29.0 Å². The van der Waals surface area contributed by atoms with Crippen molar-refractivity contribution in [2.45, 2.75) is 32.9 Å². The van der Waals surface area contributed by atoms with Gasteiger partial charge in [-0.05, 0) is 26.7 Å². The number of aryl methyl sites for hydroxylation is 2. The largest absolute Gasteiger partial charge is 0.366 e. The summed E-state index contributed by atoms with van der Waals surface area (Å²) in [7, 11) is 0. The number of piperidine rings is 1. The van der Waals surface area contributed by atoms with E-state index in [0.29, 0.717) is 0 Å². The number of rotatable bonds is 1. The number of anilines is 1. The fourth-order valence-corrected chi connectivity index (χ4v) is 2.91. The van der Waals surface area contributed by atoms with Crippen LogP contribution in [-0.4, -0.2) is 29.2 Å². The maximum atomic E-state index is 14.7. The number of hydrogen-bond acceptors (Lipinski definition) is 3. The molecule has 2 aromatic rings. The Hall–Kier alpha value is -1.92. The molecular weight excluding hydrogens is 298 g/mol. The summed E-state index contributed by atoms with van der Waals surface area (Å²) in [5, 5.41) is -0.246. The van der Waals surface area contributed by atoms with Gasteiger partial charge in [0, 0.05) is 13.1 Å². The molecule has 0 unspecified atom stereocenters. The van der Waals surface area contributed by atoms with Crippen molar-refractivity contribution < 1.29 is 17.6 Å². The van der Waals surface area contributed by atoms with Crippen LogP contribution in [0, 0.1) is 31.3 Å². The van der Waals surface area contributed by atoms with Crippen molar-refractivity contribution in [2.75, 3.05) is 18.0 Å². The fraction of sp³-hybridized carbons (Fsp3) is 0.467. The first-order valence-corrected chi connectivity index (χ1v) is 7.10. The second kappa shape index (κ2) is 5.37. The van der Waals surface area contributed by atoms with Crippen LogP contribution in [0.2, 0.25) is 0 Å². The Labute approximate surface area is 125 Å². The Balaban J connectivity index is 2.23. The molecule has 118 valence electrons. The first-order valence-electron chi connectivity index (χ1n) is 7.10. The minimum Gasteiger partial charge on any atom is -0.366 e. The van der Waals surface area contributed by atoms with Crippen LogP contribution in [0.3, 0.4) is 0 Å². The van der Waals surface area contributed by atoms with Crippen LogP contribution in [0.1, 0.15) is 24.4 Å². The lowest BCUT2D eigenvalue weighted by Gasteiger charge is -2.31. The summed E-state index contributed by atoms with van der Waals surface area (Å²) in [4.78, 5) is 9.21. The van der Waals surface area contributed by atoms with E-state index in [1.54, 1.807) is 6.92 Å². The van der Waals surface area contributed by atoms with E-state index >= 15 is 0 Å². The molecule has 0 saturated carbocycles. The molecular formula is C15H15F4N3. The minimum atomic E-state index is -1.27. The Morgan fingerprint density at radius 3 is 2.23 bits per heavy atom. The average Bonchev–Trinajstić information content (AvgIpc) is 2.46. The van der Waals surface area contributed by atoms with Crippen LogP contribution in [0.25, 0.3) is 10.9 Å². The summed E-state index contributed by atoms with van der Waals surface area (Å²) < 4.78 is 56.6. The third-order valence-corrected chi connectivity index (χ3v) is 3.98. The molecule has 3 rings (SSSR count). The SMILES string of the molecule is Cc1nc(C)c2c(F)c(F)c(N3CCC(F)CC3)c(F)c2n1. The van der Waals surface area contributed by atoms with Crippen LogP contribution in [0.4, 0.5) is 23.2 Å². The summed E-state index contributed by atoms with van der Waals surface area (Å²) in [5.74, 6) is -3.06. The maximum Gasteiger partial charge on any atom is 0.185 e. The Morgan fingerprint density at radius 1 is 0.955 bits per heavy atom. The number of alkyl halides is 1. The van der Waals surface area contributed by atoms with Crippen LogP contribution >= 0.6 is 0 Å². The fourth-order valence-electron chi connectivity index (χ4n) is 2.91. The Kier molecular flexibility index (Phi) is 3.66. The van der Waals surface area contributed by atoms with Gasteiger partial charge in [-0.25, -0.2) is 27.5 Å². The van der Waals surface area contributed by atoms with Crippen molar-refractivity contribution in [3.8, 4) is 0 Å². The van der Waals surface area contributed by atoms with Gasteiger partial charge >= 0.3 is 0 Å². The number of fused-ring (bicyclic) bond motifs is 1. The monoisotopic (exact) mass is 313 g/mol. The summed E-state index contributed by atoms with van der Waals surface area (Å²) >= 11 is 0. The number of benzene rings is 1. The van der Waals surface area contributed by atoms with Crippen molar-refractivity contribution >= 4 is 16.6 Å². The smallest absolute Gasteiger partial charge is 0.185 e. The molecule has 1 aliphatic heterocycles. The molecule has 1 fully saturated rings. The highest BCUT2D eigenvalue weighted by atomic mass is 19.2. The number of aromatic nitrogens is 2. The van der Waals surface area contributed by atoms with Crippen molar-refractivity contribution in [2.24, 2.45) is 0 Å². The number of halogens is 4. The molecule has 1 aliphatic rings. The zero-order valence-electron chi connectivity index (χ0n) is 12.3. The molecule has 0 aliphatic carbocycles. The number of nitrogens with zero attached hydrogens (tertiary/aromatic N) is 3. The third-order valence-electron chi connectivity index (χ3n) is 3.98. The van der Waals surface area contributed by atoms with Gasteiger partial charge in [-0.3, -0.25) is 0 Å². The van der Waals surface area contributed by atoms with Crippen LogP contribution in [-0.2, 0) is 0 Å². The molecule has 1 aromatic carbocycles. The van der Waals surface area contributed by atoms with Gasteiger partial charge in [-0.15, -0.1) is 0 Å². The second-order valence-corrected chi connectivity index (χ2v) is 5.53. The van der Waals surface area contributed by atoms with Crippen molar-refractivity contribution in [1.29, 1.82) is 0 Å². The van der Waals surface area contributed by atoms with E-state index in [2.05, 4.69) is 9.97 Å². The highest BCUT2D eigenvalue weighted by molar-refractivity contribution is 5.86. The molecule has 22 heavy (non-hydrogen) atoms. The highest BCUT2D eigenvalue weighted by Crippen LogP contribution is 2.35. The predicted molar refractivity (Wildman–Crippen MR) is 75.2 cm³/mol. The molecule has 0 amide bonds. The molecule has 3 nitrogen and oxygen atoms in total. The molecule has 1 aromatic heterocycles. The molecule has 1 saturated heterocycles. The Morgan fingerprint density at radius 2 is 1.59 bits per heavy atom. The normalized spacial score (nSPS) is 16.5. The van der Waals surface area contributed by atoms with Gasteiger partial charge in [0.2, 0.25) is 0 Å². The standard InChI is InChI=1S/C15H15F4N3/c1-7-10-11(17)12(18)15(22-5-3-9(16)4-6-22)13(19)14(10)21-8(2)20-7/h9H,3-6H2,1-2H3. The van der Waals surface area contributed by atoms with E-state index in [4.69, 9.17) is 0 Å². The molecule has 0 spiro atoms. The van der Waals surface area contributed by atoms with Crippen LogP contribution < -0.4 is 4.90 Å². The van der Waals surface area contributed by atoms with Gasteiger partial charge in [0.25, 0.3) is 0 Å². The summed E-state index contributed by atoms with van der Waals surface area (Å²) in [5.41, 5.74) is -0.512. The molecule has 0 atom stereocenters. The highest BCUT2D eigenvalue weighted by Gasteiger charge is 2.29. The number of hydrogen-bond donors (Lipinski definition) is 0. The van der Waals surface area contributed by atoms with Gasteiger partial charge in [0.15, 0.2) is 17.5 Å². The summed E-state index contributed by atoms with van der Waals surface area (Å²) in [6, 6.07) is 0. The molecule has 7 heteroatoms. The lowest BCUT2D eigenvalue weighted by atomic mass is 10.1. The van der Waals surface area contributed by atoms with Gasteiger partial charge < -0.3 is 4.90 Å². The molecule has 2 heterocycles. The van der Waals surface area contributed by atoms with Gasteiger partial charge in [-0.2, -0.15) is 0 Å². The van der Waals surface area contributed by atoms with Crippen LogP contribution in [0.5, 0.6) is 0 Å². The lowest BCUT2D eigenvalue weighted by Crippen LogP contribution is -2.35. The van der Waals surface area contributed by atoms with Crippen molar-refractivity contribution in [3.05, 3.63) is 29.0 Å². The zero-order chi connectivity index (χ0) is 16.0. The Bertz CT molecular complexity index is 740. The van der Waals surface area contributed by atoms with E-state index in [1.165, 1.54) is 11.8 Å². The molecule has 0 radical (unpaired) electrons. The van der Waals surface area contributed by atoms with E-state index in [9.17, 15) is 17.6 Å². The second-order valence-electron chi connectivity index (χ2n) is 5.53. The average molecular weight is 313 g/mol. The first-order chi connectivity index (χ1) is 10.4. The van der Waals surface area contributed by atoms with Gasteiger partial charge in [0.05, 0.1) is 11.1 Å². The van der Waals surface area contributed by atoms with Gasteiger partial charge in [-0.1, -0.05) is 0 Å². The van der Waals surface area contributed by atoms with E-state index in [1.807, 2.05) is 0 Å². The quantitative estimate of drug-likeness (QED) is 0.595.